The zero-order valence-electron chi connectivity index (χ0n) is 18.6. The van der Waals surface area contributed by atoms with Crippen molar-refractivity contribution in [2.45, 2.75) is 43.3 Å². The molecule has 1 fully saturated rings. The molecule has 33 heavy (non-hydrogen) atoms. The number of carbonyl (C=O) groups is 3. The van der Waals surface area contributed by atoms with Crippen molar-refractivity contribution in [1.29, 1.82) is 0 Å². The molecule has 8 atom stereocenters. The summed E-state index contributed by atoms with van der Waals surface area (Å²) in [6, 6.07) is 2.69. The monoisotopic (exact) mass is 461 g/mol. The molecule has 6 N–H and O–H groups in total. The summed E-state index contributed by atoms with van der Waals surface area (Å²) in [4.78, 5) is 40.1. The Kier molecular flexibility index (Phi) is 5.12. The molecule has 3 aliphatic rings. The second-order valence-corrected chi connectivity index (χ2v) is 9.60. The molecular weight excluding hydrogens is 434 g/mol. The van der Waals surface area contributed by atoms with Crippen molar-refractivity contribution >= 4 is 17.3 Å². The lowest BCUT2D eigenvalue weighted by Crippen LogP contribution is -2.75. The molecule has 2 unspecified atom stereocenters. The van der Waals surface area contributed by atoms with Gasteiger partial charge in [0, 0.05) is 11.8 Å². The molecule has 0 radical (unpaired) electrons. The standard InChI is InChI=1S/C23H27NO9/c1-8(25)11-18(28)16(24(3)4)15-19(29)14-13(21(31)23(15,33)20(11)30)17(27)12-9(22(14,2)32)6-5-7-10(12)26/h5-7,13-16,19,21,26,29-33H,1-4H3/t13?,14-,15-,16+,19+,21?,22-,23-/m1/s1. The smallest absolute Gasteiger partial charge is 0.187 e. The van der Waals surface area contributed by atoms with E-state index in [2.05, 4.69) is 0 Å². The third-order valence-electron chi connectivity index (χ3n) is 7.59. The number of rotatable bonds is 2. The number of fused-ring (bicyclic) bond motifs is 3. The zero-order valence-corrected chi connectivity index (χ0v) is 18.6. The Balaban J connectivity index is 2.04. The van der Waals surface area contributed by atoms with Crippen LogP contribution in [0.3, 0.4) is 0 Å². The van der Waals surface area contributed by atoms with Crippen molar-refractivity contribution in [1.82, 2.24) is 4.90 Å². The van der Waals surface area contributed by atoms with Gasteiger partial charge in [0.05, 0.1) is 29.2 Å². The summed E-state index contributed by atoms with van der Waals surface area (Å²) >= 11 is 0. The van der Waals surface area contributed by atoms with Crippen LogP contribution < -0.4 is 0 Å². The lowest BCUT2D eigenvalue weighted by atomic mass is 9.49. The number of phenols is 1. The number of hydrogen-bond acceptors (Lipinski definition) is 10. The summed E-state index contributed by atoms with van der Waals surface area (Å²) < 4.78 is 0. The van der Waals surface area contributed by atoms with E-state index in [9.17, 15) is 45.0 Å². The molecule has 178 valence electrons. The third kappa shape index (κ3) is 2.75. The Bertz CT molecular complexity index is 1110. The number of benzene rings is 1. The molecule has 0 aliphatic heterocycles. The average Bonchev–Trinajstić information content (AvgIpc) is 2.70. The van der Waals surface area contributed by atoms with E-state index in [-0.39, 0.29) is 11.1 Å². The summed E-state index contributed by atoms with van der Waals surface area (Å²) in [5.74, 6) is -8.80. The first kappa shape index (κ1) is 23.5. The van der Waals surface area contributed by atoms with Gasteiger partial charge in [0.1, 0.15) is 23.2 Å². The van der Waals surface area contributed by atoms with Gasteiger partial charge in [-0.25, -0.2) is 0 Å². The van der Waals surface area contributed by atoms with Crippen LogP contribution in [0.15, 0.2) is 29.5 Å². The Morgan fingerprint density at radius 2 is 1.64 bits per heavy atom. The number of hydrogen-bond donors (Lipinski definition) is 6. The zero-order chi connectivity index (χ0) is 24.8. The minimum absolute atomic E-state index is 0.0261. The topological polar surface area (TPSA) is 176 Å². The molecule has 4 rings (SSSR count). The van der Waals surface area contributed by atoms with Crippen LogP contribution in [0.5, 0.6) is 5.75 Å². The van der Waals surface area contributed by atoms with Crippen LogP contribution in [0, 0.1) is 17.8 Å². The van der Waals surface area contributed by atoms with Crippen LogP contribution in [0.1, 0.15) is 29.8 Å². The molecule has 0 aromatic heterocycles. The molecule has 0 saturated heterocycles. The first-order valence-corrected chi connectivity index (χ1v) is 10.5. The van der Waals surface area contributed by atoms with Crippen LogP contribution in [0.25, 0.3) is 0 Å². The second-order valence-electron chi connectivity index (χ2n) is 9.60. The van der Waals surface area contributed by atoms with Gasteiger partial charge < -0.3 is 30.6 Å². The highest BCUT2D eigenvalue weighted by molar-refractivity contribution is 6.22. The maximum atomic E-state index is 13.4. The average molecular weight is 461 g/mol. The molecular formula is C23H27NO9. The highest BCUT2D eigenvalue weighted by Gasteiger charge is 2.71. The molecule has 0 bridgehead atoms. The maximum Gasteiger partial charge on any atom is 0.187 e. The van der Waals surface area contributed by atoms with E-state index in [4.69, 9.17) is 0 Å². The first-order chi connectivity index (χ1) is 15.2. The van der Waals surface area contributed by atoms with Crippen molar-refractivity contribution < 1.29 is 45.0 Å². The number of phenolic OH excluding ortho intramolecular Hbond substituents is 1. The summed E-state index contributed by atoms with van der Waals surface area (Å²) in [5, 5.41) is 67.1. The molecule has 10 nitrogen and oxygen atoms in total. The van der Waals surface area contributed by atoms with Gasteiger partial charge >= 0.3 is 0 Å². The minimum Gasteiger partial charge on any atom is -0.508 e. The quantitative estimate of drug-likeness (QED) is 0.300. The van der Waals surface area contributed by atoms with Gasteiger partial charge in [-0.05, 0) is 39.6 Å². The fourth-order valence-corrected chi connectivity index (χ4v) is 6.17. The summed E-state index contributed by atoms with van der Waals surface area (Å²) in [5.41, 5.74) is -5.69. The number of Topliss-reactive ketones (excluding diaryl/α,β-unsaturated/α-hetero) is 3. The first-order valence-electron chi connectivity index (χ1n) is 10.5. The van der Waals surface area contributed by atoms with E-state index in [0.29, 0.717) is 0 Å². The second kappa shape index (κ2) is 7.18. The van der Waals surface area contributed by atoms with E-state index >= 15 is 0 Å². The lowest BCUT2D eigenvalue weighted by Gasteiger charge is -2.60. The number of aliphatic hydroxyl groups excluding tert-OH is 3. The van der Waals surface area contributed by atoms with Crippen LogP contribution in [-0.2, 0) is 15.2 Å². The van der Waals surface area contributed by atoms with E-state index in [1.165, 1.54) is 44.1 Å². The van der Waals surface area contributed by atoms with Gasteiger partial charge in [-0.15, -0.1) is 0 Å². The van der Waals surface area contributed by atoms with Gasteiger partial charge in [-0.3, -0.25) is 19.3 Å². The Morgan fingerprint density at radius 1 is 1.03 bits per heavy atom. The van der Waals surface area contributed by atoms with Crippen molar-refractivity contribution in [3.05, 3.63) is 40.7 Å². The fraction of sp³-hybridized carbons (Fsp3) is 0.522. The Labute approximate surface area is 189 Å². The molecule has 0 amide bonds. The summed E-state index contributed by atoms with van der Waals surface area (Å²) in [6.45, 7) is 2.32. The summed E-state index contributed by atoms with van der Waals surface area (Å²) in [7, 11) is 2.93. The predicted molar refractivity (Wildman–Crippen MR) is 112 cm³/mol. The largest absolute Gasteiger partial charge is 0.508 e. The third-order valence-corrected chi connectivity index (χ3v) is 7.59. The van der Waals surface area contributed by atoms with Gasteiger partial charge in [0.2, 0.25) is 0 Å². The van der Waals surface area contributed by atoms with Gasteiger partial charge in [-0.2, -0.15) is 0 Å². The Morgan fingerprint density at radius 3 is 2.18 bits per heavy atom. The molecule has 3 aliphatic carbocycles. The molecule has 1 aromatic rings. The van der Waals surface area contributed by atoms with Crippen molar-refractivity contribution in [2.75, 3.05) is 14.1 Å². The Hall–Kier alpha value is -2.63. The van der Waals surface area contributed by atoms with E-state index in [0.717, 1.165) is 6.92 Å². The molecule has 1 saturated carbocycles. The fourth-order valence-electron chi connectivity index (χ4n) is 6.17. The molecule has 0 heterocycles. The van der Waals surface area contributed by atoms with Crippen LogP contribution in [-0.4, -0.2) is 90.8 Å². The number of nitrogens with zero attached hydrogens (tertiary/aromatic N) is 1. The molecule has 10 heteroatoms. The van der Waals surface area contributed by atoms with Crippen LogP contribution in [0.4, 0.5) is 0 Å². The number of aliphatic hydroxyl groups is 5. The summed E-state index contributed by atoms with van der Waals surface area (Å²) in [6.07, 6.45) is -3.89. The van der Waals surface area contributed by atoms with E-state index < -0.39 is 81.6 Å². The normalized spacial score (nSPS) is 40.4. The van der Waals surface area contributed by atoms with Gasteiger partial charge in [-0.1, -0.05) is 12.1 Å². The lowest BCUT2D eigenvalue weighted by molar-refractivity contribution is -0.245. The van der Waals surface area contributed by atoms with Crippen molar-refractivity contribution in [3.63, 3.8) is 0 Å². The highest BCUT2D eigenvalue weighted by Crippen LogP contribution is 2.57. The number of carbonyl (C=O) groups excluding carboxylic acids is 3. The van der Waals surface area contributed by atoms with E-state index in [1.54, 1.807) is 0 Å². The van der Waals surface area contributed by atoms with Crippen molar-refractivity contribution in [3.8, 4) is 5.75 Å². The minimum atomic E-state index is -2.75. The van der Waals surface area contributed by atoms with Gasteiger partial charge in [0.15, 0.2) is 23.0 Å². The number of likely N-dealkylation sites (N-methyl/N-ethyl adjacent to an activating group) is 1. The molecule has 0 spiro atoms. The van der Waals surface area contributed by atoms with Gasteiger partial charge in [0.25, 0.3) is 0 Å². The van der Waals surface area contributed by atoms with E-state index in [1.807, 2.05) is 0 Å². The highest BCUT2D eigenvalue weighted by atomic mass is 16.4. The van der Waals surface area contributed by atoms with Crippen LogP contribution >= 0.6 is 0 Å². The maximum absolute atomic E-state index is 13.4. The number of aromatic hydroxyl groups is 1. The van der Waals surface area contributed by atoms with Crippen molar-refractivity contribution in [2.24, 2.45) is 17.8 Å². The predicted octanol–water partition coefficient (Wildman–Crippen LogP) is -0.975. The number of ketones is 3. The molecule has 1 aromatic carbocycles. The SMILES string of the molecule is CC(=O)C1=C(O)[C@@]2(O)C(O)C3C(=O)c4c(O)cccc4[C@@](C)(O)[C@H]3[C@H](O)[C@H]2[C@H](N(C)C)C1=O. The van der Waals surface area contributed by atoms with Crippen LogP contribution in [0.2, 0.25) is 0 Å².